The average molecular weight is 291 g/mol. The van der Waals surface area contributed by atoms with Crippen LogP contribution >= 0.6 is 0 Å². The van der Waals surface area contributed by atoms with E-state index in [2.05, 4.69) is 0 Å². The molecule has 0 fully saturated rings. The Labute approximate surface area is 130 Å². The van der Waals surface area contributed by atoms with E-state index in [1.807, 2.05) is 0 Å². The fraction of sp³-hybridized carbons (Fsp3) is 0. The van der Waals surface area contributed by atoms with Crippen molar-refractivity contribution in [2.24, 2.45) is 0 Å². The summed E-state index contributed by atoms with van der Waals surface area (Å²) in [6, 6.07) is 6.02. The smallest absolute Gasteiger partial charge is 0.507 e. The third kappa shape index (κ3) is 3.26. The first-order valence-electron chi connectivity index (χ1n) is 4.76. The Hall–Kier alpha value is -1.12. The predicted octanol–water partition coefficient (Wildman–Crippen LogP) is -1.51. The van der Waals surface area contributed by atoms with Crippen LogP contribution in [0.2, 0.25) is 0 Å². The molecule has 2 aromatic carbocycles. The summed E-state index contributed by atoms with van der Waals surface area (Å²) in [4.78, 5) is 10.5. The van der Waals surface area contributed by atoms with Crippen molar-refractivity contribution in [2.75, 3.05) is 0 Å². The summed E-state index contributed by atoms with van der Waals surface area (Å²) in [5.41, 5.74) is -0.338. The predicted molar refractivity (Wildman–Crippen MR) is 62.4 cm³/mol. The van der Waals surface area contributed by atoms with Crippen LogP contribution in [0.25, 0.3) is 10.8 Å². The Balaban J connectivity index is 0.00000180. The molecule has 0 aliphatic rings. The van der Waals surface area contributed by atoms with Crippen molar-refractivity contribution in [3.8, 4) is 5.75 Å². The van der Waals surface area contributed by atoms with Crippen LogP contribution in [0.5, 0.6) is 5.75 Å². The largest absolute Gasteiger partial charge is 1.00 e. The normalized spacial score (nSPS) is 11.0. The number of carbonyl (C=O) groups is 1. The van der Waals surface area contributed by atoms with Gasteiger partial charge in [0.15, 0.2) is 0 Å². The molecule has 2 aromatic rings. The molecule has 0 aliphatic carbocycles. The van der Waals surface area contributed by atoms with Gasteiger partial charge in [-0.2, -0.15) is 8.42 Å². The van der Waals surface area contributed by atoms with Gasteiger partial charge in [0.2, 0.25) is 0 Å². The van der Waals surface area contributed by atoms with Gasteiger partial charge in [0.25, 0.3) is 10.1 Å². The summed E-state index contributed by atoms with van der Waals surface area (Å²) >= 11 is 0. The number of rotatable bonds is 2. The molecule has 0 aliphatic heterocycles. The van der Waals surface area contributed by atoms with E-state index in [4.69, 9.17) is 9.66 Å². The van der Waals surface area contributed by atoms with Gasteiger partial charge in [-0.05, 0) is 35.0 Å². The first-order valence-corrected chi connectivity index (χ1v) is 6.20. The van der Waals surface area contributed by atoms with Gasteiger partial charge in [0.05, 0.1) is 4.90 Å². The minimum atomic E-state index is -4.35. The molecule has 8 heteroatoms. The Bertz CT molecular complexity index is 753. The van der Waals surface area contributed by atoms with E-state index in [9.17, 15) is 18.3 Å². The maximum Gasteiger partial charge on any atom is 1.00 e. The van der Waals surface area contributed by atoms with Crippen molar-refractivity contribution in [2.45, 2.75) is 4.90 Å². The van der Waals surface area contributed by atoms with Crippen molar-refractivity contribution >= 4 is 26.9 Å². The molecule has 19 heavy (non-hydrogen) atoms. The van der Waals surface area contributed by atoms with Crippen LogP contribution < -0.4 is 29.6 Å². The summed E-state index contributed by atoms with van der Waals surface area (Å²) < 4.78 is 30.8. The van der Waals surface area contributed by atoms with Crippen LogP contribution in [0, 0.1) is 0 Å². The number of benzene rings is 2. The number of hydrogen-bond donors (Lipinski definition) is 3. The van der Waals surface area contributed by atoms with E-state index in [0.29, 0.717) is 10.8 Å². The molecule has 6 nitrogen and oxygen atoms in total. The van der Waals surface area contributed by atoms with Gasteiger partial charge in [-0.1, -0.05) is 6.07 Å². The standard InChI is InChI=1S/C11H8O6S.Na/c12-10-5-6-1-2-8(18(15,16)17)3-7(6)4-9(10)11(13)14;/h1-5,12H,(H,13,14)(H,15,16,17);/q;+1. The number of carboxylic acid groups (broad SMARTS) is 1. The van der Waals surface area contributed by atoms with E-state index in [-0.39, 0.29) is 40.0 Å². The number of aromatic carboxylic acids is 1. The number of phenols is 1. The molecule has 0 atom stereocenters. The Morgan fingerprint density at radius 2 is 1.68 bits per heavy atom. The summed E-state index contributed by atoms with van der Waals surface area (Å²) in [5, 5.41) is 19.0. The average Bonchev–Trinajstić information content (AvgIpc) is 2.25. The molecule has 0 unspecified atom stereocenters. The molecule has 0 saturated carbocycles. The molecule has 0 heterocycles. The van der Waals surface area contributed by atoms with Crippen molar-refractivity contribution < 1.29 is 57.5 Å². The van der Waals surface area contributed by atoms with Crippen molar-refractivity contribution in [1.82, 2.24) is 0 Å². The SMILES string of the molecule is O=C(O)c1cc2cc(S(=O)(=O)O)ccc2cc1O.[Na+]. The second-order valence-corrected chi connectivity index (χ2v) is 5.08. The summed E-state index contributed by atoms with van der Waals surface area (Å²) in [6.07, 6.45) is 0. The van der Waals surface area contributed by atoms with Crippen LogP contribution in [0.1, 0.15) is 10.4 Å². The summed E-state index contributed by atoms with van der Waals surface area (Å²) in [5.74, 6) is -1.73. The minimum Gasteiger partial charge on any atom is -0.507 e. The van der Waals surface area contributed by atoms with Gasteiger partial charge >= 0.3 is 35.5 Å². The first kappa shape index (κ1) is 15.9. The maximum atomic E-state index is 11.0. The fourth-order valence-electron chi connectivity index (χ4n) is 1.60. The second kappa shape index (κ2) is 5.48. The number of fused-ring (bicyclic) bond motifs is 1. The Kier molecular flexibility index (Phi) is 4.59. The molecule has 2 rings (SSSR count). The van der Waals surface area contributed by atoms with Gasteiger partial charge in [-0.15, -0.1) is 0 Å². The van der Waals surface area contributed by atoms with Crippen LogP contribution in [-0.4, -0.2) is 29.2 Å². The maximum absolute atomic E-state index is 11.0. The van der Waals surface area contributed by atoms with Gasteiger partial charge in [-0.25, -0.2) is 4.79 Å². The van der Waals surface area contributed by atoms with Crippen molar-refractivity contribution in [3.05, 3.63) is 35.9 Å². The van der Waals surface area contributed by atoms with Gasteiger partial charge in [-0.3, -0.25) is 4.55 Å². The zero-order chi connectivity index (χ0) is 13.5. The number of hydrogen-bond acceptors (Lipinski definition) is 4. The van der Waals surface area contributed by atoms with E-state index < -0.39 is 21.8 Å². The molecule has 0 bridgehead atoms. The van der Waals surface area contributed by atoms with E-state index in [1.54, 1.807) is 0 Å². The quantitative estimate of drug-likeness (QED) is 0.458. The van der Waals surface area contributed by atoms with Gasteiger partial charge in [0, 0.05) is 0 Å². The number of carboxylic acids is 1. The van der Waals surface area contributed by atoms with E-state index in [1.165, 1.54) is 12.1 Å². The molecule has 0 amide bonds. The molecule has 3 N–H and O–H groups in total. The summed E-state index contributed by atoms with van der Waals surface area (Å²) in [7, 11) is -4.35. The van der Waals surface area contributed by atoms with Crippen LogP contribution in [0.4, 0.5) is 0 Å². The Morgan fingerprint density at radius 3 is 2.21 bits per heavy atom. The first-order chi connectivity index (χ1) is 8.29. The summed E-state index contributed by atoms with van der Waals surface area (Å²) in [6.45, 7) is 0. The molecular weight excluding hydrogens is 283 g/mol. The molecule has 0 aromatic heterocycles. The third-order valence-electron chi connectivity index (χ3n) is 2.45. The van der Waals surface area contributed by atoms with Gasteiger partial charge < -0.3 is 10.2 Å². The van der Waals surface area contributed by atoms with Crippen molar-refractivity contribution in [1.29, 1.82) is 0 Å². The molecule has 0 spiro atoms. The van der Waals surface area contributed by atoms with Gasteiger partial charge in [0.1, 0.15) is 11.3 Å². The van der Waals surface area contributed by atoms with Crippen LogP contribution in [0.3, 0.4) is 0 Å². The Morgan fingerprint density at radius 1 is 1.05 bits per heavy atom. The molecule has 0 saturated heterocycles. The molecular formula is C11H8NaO6S+. The van der Waals surface area contributed by atoms with Crippen molar-refractivity contribution in [3.63, 3.8) is 0 Å². The zero-order valence-electron chi connectivity index (χ0n) is 9.86. The third-order valence-corrected chi connectivity index (χ3v) is 3.30. The number of aromatic hydroxyl groups is 1. The second-order valence-electron chi connectivity index (χ2n) is 3.66. The molecule has 0 radical (unpaired) electrons. The van der Waals surface area contributed by atoms with E-state index in [0.717, 1.165) is 18.2 Å². The topological polar surface area (TPSA) is 112 Å². The van der Waals surface area contributed by atoms with Crippen LogP contribution in [0.15, 0.2) is 35.2 Å². The molecule has 94 valence electrons. The van der Waals surface area contributed by atoms with Crippen LogP contribution in [-0.2, 0) is 10.1 Å². The zero-order valence-corrected chi connectivity index (χ0v) is 12.7. The van der Waals surface area contributed by atoms with E-state index >= 15 is 0 Å². The minimum absolute atomic E-state index is 0. The fourth-order valence-corrected chi connectivity index (χ4v) is 2.11. The monoisotopic (exact) mass is 291 g/mol.